The van der Waals surface area contributed by atoms with E-state index in [4.69, 9.17) is 5.11 Å². The number of rotatable bonds is 7. The summed E-state index contributed by atoms with van der Waals surface area (Å²) in [5, 5.41) is 14.2. The highest BCUT2D eigenvalue weighted by atomic mass is 32.1. The third-order valence-corrected chi connectivity index (χ3v) is 5.12. The molecule has 1 aromatic carbocycles. The molecule has 30 heavy (non-hydrogen) atoms. The first kappa shape index (κ1) is 21.1. The van der Waals surface area contributed by atoms with E-state index in [1.165, 1.54) is 24.3 Å². The van der Waals surface area contributed by atoms with E-state index in [1.54, 1.807) is 19.1 Å². The Kier molecular flexibility index (Phi) is 6.48. The van der Waals surface area contributed by atoms with Crippen LogP contribution in [-0.4, -0.2) is 32.9 Å². The Morgan fingerprint density at radius 3 is 2.63 bits per heavy atom. The predicted octanol–water partition coefficient (Wildman–Crippen LogP) is 2.80. The van der Waals surface area contributed by atoms with Gasteiger partial charge in [0.25, 0.3) is 5.91 Å². The molecule has 10 heteroatoms. The first-order valence-electron chi connectivity index (χ1n) is 8.79. The third-order valence-electron chi connectivity index (χ3n) is 4.05. The minimum absolute atomic E-state index is 0.0247. The number of carboxylic acids is 1. The molecule has 0 aliphatic heterocycles. The lowest BCUT2D eigenvalue weighted by Gasteiger charge is -2.07. The van der Waals surface area contributed by atoms with Crippen molar-refractivity contribution in [3.8, 4) is 0 Å². The van der Waals surface area contributed by atoms with Gasteiger partial charge in [0.15, 0.2) is 0 Å². The number of nitrogens with one attached hydrogen (secondary N) is 2. The van der Waals surface area contributed by atoms with Crippen LogP contribution in [0, 0.1) is 12.7 Å². The van der Waals surface area contributed by atoms with Gasteiger partial charge in [-0.15, -0.1) is 11.3 Å². The molecule has 2 aromatic heterocycles. The van der Waals surface area contributed by atoms with Gasteiger partial charge in [-0.1, -0.05) is 12.1 Å². The molecule has 3 aromatic rings. The molecule has 0 saturated heterocycles. The quantitative estimate of drug-likeness (QED) is 0.532. The standard InChI is InChI=1S/C20H17FN4O4S/c1-11-6-12(2-4-14(11)21)7-18(26)25-17-8-15(23-10-24-17)19(27)22-9-13-3-5-16(30-13)20(28)29/h2-6,8,10H,7,9H2,1H3,(H,22,27)(H,28,29)(H,23,24,25,26). The van der Waals surface area contributed by atoms with E-state index in [0.717, 1.165) is 17.7 Å². The Balaban J connectivity index is 1.58. The predicted molar refractivity (Wildman–Crippen MR) is 108 cm³/mol. The number of hydrogen-bond donors (Lipinski definition) is 3. The number of aryl methyl sites for hydroxylation is 1. The van der Waals surface area contributed by atoms with Crippen molar-refractivity contribution in [2.45, 2.75) is 19.9 Å². The molecule has 0 saturated carbocycles. The average molecular weight is 428 g/mol. The maximum Gasteiger partial charge on any atom is 0.345 e. The van der Waals surface area contributed by atoms with Gasteiger partial charge in [-0.2, -0.15) is 0 Å². The number of aromatic nitrogens is 2. The molecule has 0 atom stereocenters. The highest BCUT2D eigenvalue weighted by molar-refractivity contribution is 7.13. The Morgan fingerprint density at radius 1 is 1.13 bits per heavy atom. The van der Waals surface area contributed by atoms with E-state index in [1.807, 2.05) is 0 Å². The first-order chi connectivity index (χ1) is 14.3. The van der Waals surface area contributed by atoms with E-state index in [-0.39, 0.29) is 41.1 Å². The van der Waals surface area contributed by atoms with Crippen LogP contribution < -0.4 is 10.6 Å². The molecule has 0 bridgehead atoms. The van der Waals surface area contributed by atoms with Crippen molar-refractivity contribution in [2.75, 3.05) is 5.32 Å². The minimum atomic E-state index is -1.02. The largest absolute Gasteiger partial charge is 0.477 e. The van der Waals surface area contributed by atoms with Gasteiger partial charge in [0.1, 0.15) is 28.5 Å². The summed E-state index contributed by atoms with van der Waals surface area (Å²) < 4.78 is 13.3. The molecule has 3 N–H and O–H groups in total. The van der Waals surface area contributed by atoms with E-state index in [9.17, 15) is 18.8 Å². The van der Waals surface area contributed by atoms with Crippen LogP contribution in [0.3, 0.4) is 0 Å². The number of aromatic carboxylic acids is 1. The molecule has 0 aliphatic rings. The molecule has 0 spiro atoms. The SMILES string of the molecule is Cc1cc(CC(=O)Nc2cc(C(=O)NCc3ccc(C(=O)O)s3)ncn2)ccc1F. The van der Waals surface area contributed by atoms with E-state index in [2.05, 4.69) is 20.6 Å². The highest BCUT2D eigenvalue weighted by Gasteiger charge is 2.13. The van der Waals surface area contributed by atoms with Crippen molar-refractivity contribution in [1.82, 2.24) is 15.3 Å². The number of halogens is 1. The zero-order valence-electron chi connectivity index (χ0n) is 15.8. The first-order valence-corrected chi connectivity index (χ1v) is 9.60. The fourth-order valence-electron chi connectivity index (χ4n) is 2.58. The maximum absolute atomic E-state index is 13.3. The average Bonchev–Trinajstić information content (AvgIpc) is 3.18. The number of hydrogen-bond acceptors (Lipinski definition) is 6. The zero-order chi connectivity index (χ0) is 21.7. The van der Waals surface area contributed by atoms with Crippen molar-refractivity contribution in [2.24, 2.45) is 0 Å². The molecule has 3 rings (SSSR count). The fraction of sp³-hybridized carbons (Fsp3) is 0.150. The van der Waals surface area contributed by atoms with E-state index >= 15 is 0 Å². The summed E-state index contributed by atoms with van der Waals surface area (Å²) in [4.78, 5) is 44.1. The van der Waals surface area contributed by atoms with Crippen LogP contribution in [0.1, 0.15) is 36.2 Å². The third kappa shape index (κ3) is 5.45. The highest BCUT2D eigenvalue weighted by Crippen LogP contribution is 2.16. The van der Waals surface area contributed by atoms with Crippen molar-refractivity contribution < 1.29 is 23.9 Å². The summed E-state index contributed by atoms with van der Waals surface area (Å²) >= 11 is 1.06. The minimum Gasteiger partial charge on any atom is -0.477 e. The van der Waals surface area contributed by atoms with Crippen LogP contribution in [0.4, 0.5) is 10.2 Å². The van der Waals surface area contributed by atoms with Crippen molar-refractivity contribution in [3.63, 3.8) is 0 Å². The second-order valence-electron chi connectivity index (χ2n) is 6.35. The van der Waals surface area contributed by atoms with Gasteiger partial charge in [-0.3, -0.25) is 9.59 Å². The normalized spacial score (nSPS) is 10.5. The van der Waals surface area contributed by atoms with Gasteiger partial charge in [-0.05, 0) is 36.2 Å². The molecule has 0 radical (unpaired) electrons. The van der Waals surface area contributed by atoms with Crippen LogP contribution in [0.2, 0.25) is 0 Å². The van der Waals surface area contributed by atoms with Crippen LogP contribution in [-0.2, 0) is 17.8 Å². The molecule has 154 valence electrons. The Hall–Kier alpha value is -3.66. The molecule has 0 aliphatic carbocycles. The Labute approximate surface area is 174 Å². The van der Waals surface area contributed by atoms with Crippen LogP contribution >= 0.6 is 11.3 Å². The van der Waals surface area contributed by atoms with E-state index in [0.29, 0.717) is 16.0 Å². The number of nitrogens with zero attached hydrogens (tertiary/aromatic N) is 2. The molecule has 8 nitrogen and oxygen atoms in total. The number of carbonyl (C=O) groups excluding carboxylic acids is 2. The van der Waals surface area contributed by atoms with Gasteiger partial charge in [0.2, 0.25) is 5.91 Å². The topological polar surface area (TPSA) is 121 Å². The van der Waals surface area contributed by atoms with Crippen LogP contribution in [0.15, 0.2) is 42.7 Å². The number of amides is 2. The summed E-state index contributed by atoms with van der Waals surface area (Å²) in [6.07, 6.45) is 1.18. The number of thiophene rings is 1. The Bertz CT molecular complexity index is 1120. The number of carbonyl (C=O) groups is 3. The lowest BCUT2D eigenvalue weighted by molar-refractivity contribution is -0.115. The monoisotopic (exact) mass is 428 g/mol. The lowest BCUT2D eigenvalue weighted by Crippen LogP contribution is -2.24. The summed E-state index contributed by atoms with van der Waals surface area (Å²) in [7, 11) is 0. The maximum atomic E-state index is 13.3. The summed E-state index contributed by atoms with van der Waals surface area (Å²) in [5.74, 6) is -2.07. The van der Waals surface area contributed by atoms with Gasteiger partial charge < -0.3 is 15.7 Å². The molecule has 2 heterocycles. The zero-order valence-corrected chi connectivity index (χ0v) is 16.6. The number of carboxylic acid groups (broad SMARTS) is 1. The number of anilines is 1. The van der Waals surface area contributed by atoms with E-state index < -0.39 is 11.9 Å². The lowest BCUT2D eigenvalue weighted by atomic mass is 10.1. The van der Waals surface area contributed by atoms with Gasteiger partial charge in [0.05, 0.1) is 13.0 Å². The van der Waals surface area contributed by atoms with Crippen molar-refractivity contribution >= 4 is 34.9 Å². The van der Waals surface area contributed by atoms with Crippen LogP contribution in [0.25, 0.3) is 0 Å². The van der Waals surface area contributed by atoms with Crippen LogP contribution in [0.5, 0.6) is 0 Å². The molecule has 0 unspecified atom stereocenters. The van der Waals surface area contributed by atoms with Crippen molar-refractivity contribution in [1.29, 1.82) is 0 Å². The second kappa shape index (κ2) is 9.23. The summed E-state index contributed by atoms with van der Waals surface area (Å²) in [6, 6.07) is 8.85. The molecular weight excluding hydrogens is 411 g/mol. The fourth-order valence-corrected chi connectivity index (χ4v) is 3.37. The van der Waals surface area contributed by atoms with Gasteiger partial charge >= 0.3 is 5.97 Å². The molecule has 0 fully saturated rings. The summed E-state index contributed by atoms with van der Waals surface area (Å²) in [5.41, 5.74) is 1.14. The van der Waals surface area contributed by atoms with Crippen molar-refractivity contribution in [3.05, 3.63) is 75.1 Å². The Morgan fingerprint density at radius 2 is 1.93 bits per heavy atom. The molecular formula is C20H17FN4O4S. The number of benzene rings is 1. The van der Waals surface area contributed by atoms with Gasteiger partial charge in [0, 0.05) is 10.9 Å². The smallest absolute Gasteiger partial charge is 0.345 e. The molecule has 2 amide bonds. The summed E-state index contributed by atoms with van der Waals surface area (Å²) in [6.45, 7) is 1.76. The van der Waals surface area contributed by atoms with Gasteiger partial charge in [-0.25, -0.2) is 19.2 Å². The second-order valence-corrected chi connectivity index (χ2v) is 7.52.